The van der Waals surface area contributed by atoms with Gasteiger partial charge in [-0.3, -0.25) is 4.98 Å². The van der Waals surface area contributed by atoms with Crippen LogP contribution >= 0.6 is 0 Å². The van der Waals surface area contributed by atoms with Gasteiger partial charge in [0.1, 0.15) is 0 Å². The molecule has 2 aromatic carbocycles. The minimum Gasteiger partial charge on any atom is -0.504 e. The number of methoxy groups -OCH3 is 2. The molecule has 4 nitrogen and oxygen atoms in total. The Kier molecular flexibility index (Phi) is 3.36. The fraction of sp³-hybridized carbons (Fsp3) is 0.118. The first-order valence-electron chi connectivity index (χ1n) is 6.53. The molecule has 1 N–H and O–H groups in total. The summed E-state index contributed by atoms with van der Waals surface area (Å²) >= 11 is 0. The van der Waals surface area contributed by atoms with Crippen LogP contribution in [0, 0.1) is 0 Å². The first-order chi connectivity index (χ1) is 10.2. The Hall–Kier alpha value is -2.75. The Bertz CT molecular complexity index is 799. The van der Waals surface area contributed by atoms with Crippen LogP contribution in [0.3, 0.4) is 0 Å². The minimum absolute atomic E-state index is 0.0417. The van der Waals surface area contributed by atoms with Crippen molar-refractivity contribution >= 4 is 10.9 Å². The van der Waals surface area contributed by atoms with E-state index in [0.29, 0.717) is 11.5 Å². The van der Waals surface area contributed by atoms with Gasteiger partial charge in [0, 0.05) is 17.1 Å². The maximum absolute atomic E-state index is 10.1. The third-order valence-electron chi connectivity index (χ3n) is 3.38. The van der Waals surface area contributed by atoms with Crippen molar-refractivity contribution in [2.24, 2.45) is 0 Å². The average Bonchev–Trinajstić information content (AvgIpc) is 2.53. The van der Waals surface area contributed by atoms with E-state index in [1.165, 1.54) is 7.11 Å². The van der Waals surface area contributed by atoms with Gasteiger partial charge in [-0.25, -0.2) is 0 Å². The zero-order chi connectivity index (χ0) is 14.8. The van der Waals surface area contributed by atoms with Gasteiger partial charge in [0.25, 0.3) is 0 Å². The average molecular weight is 281 g/mol. The first kappa shape index (κ1) is 13.2. The third-order valence-corrected chi connectivity index (χ3v) is 3.38. The summed E-state index contributed by atoms with van der Waals surface area (Å²) in [7, 11) is 3.04. The molecule has 1 heterocycles. The number of benzene rings is 2. The van der Waals surface area contributed by atoms with Crippen LogP contribution < -0.4 is 9.47 Å². The molecule has 0 saturated carbocycles. The van der Waals surface area contributed by atoms with Crippen molar-refractivity contribution in [2.75, 3.05) is 14.2 Å². The van der Waals surface area contributed by atoms with Crippen LogP contribution in [0.15, 0.2) is 48.7 Å². The van der Waals surface area contributed by atoms with Gasteiger partial charge in [0.15, 0.2) is 11.5 Å². The van der Waals surface area contributed by atoms with Gasteiger partial charge in [-0.2, -0.15) is 0 Å². The van der Waals surface area contributed by atoms with E-state index < -0.39 is 0 Å². The number of nitrogens with zero attached hydrogens (tertiary/aromatic N) is 1. The van der Waals surface area contributed by atoms with E-state index in [-0.39, 0.29) is 5.75 Å². The van der Waals surface area contributed by atoms with Crippen LogP contribution in [0.2, 0.25) is 0 Å². The monoisotopic (exact) mass is 281 g/mol. The second-order valence-electron chi connectivity index (χ2n) is 4.65. The molecule has 3 rings (SSSR count). The van der Waals surface area contributed by atoms with Gasteiger partial charge in [-0.1, -0.05) is 18.2 Å². The standard InChI is InChI=1S/C17H15NO3/c1-20-16-9-12(8-15(19)17(16)21-2)13-7-11-5-3-4-6-14(11)18-10-13/h3-10,19H,1-2H3. The van der Waals surface area contributed by atoms with E-state index in [1.807, 2.05) is 36.4 Å². The van der Waals surface area contributed by atoms with Crippen LogP contribution in [0.1, 0.15) is 0 Å². The molecule has 0 saturated heterocycles. The lowest BCUT2D eigenvalue weighted by atomic mass is 10.0. The quantitative estimate of drug-likeness (QED) is 0.796. The predicted octanol–water partition coefficient (Wildman–Crippen LogP) is 3.62. The number of rotatable bonds is 3. The van der Waals surface area contributed by atoms with Crippen molar-refractivity contribution in [1.82, 2.24) is 4.98 Å². The molecule has 21 heavy (non-hydrogen) atoms. The number of aromatic nitrogens is 1. The van der Waals surface area contributed by atoms with Crippen molar-refractivity contribution in [3.8, 4) is 28.4 Å². The Balaban J connectivity index is 2.15. The summed E-state index contributed by atoms with van der Waals surface area (Å²) in [6.07, 6.45) is 1.78. The van der Waals surface area contributed by atoms with Crippen LogP contribution in [-0.4, -0.2) is 24.3 Å². The Labute approximate surface area is 122 Å². The fourth-order valence-corrected chi connectivity index (χ4v) is 2.34. The molecule has 4 heteroatoms. The molecule has 0 bridgehead atoms. The summed E-state index contributed by atoms with van der Waals surface area (Å²) in [4.78, 5) is 4.43. The van der Waals surface area contributed by atoms with E-state index in [1.54, 1.807) is 19.4 Å². The highest BCUT2D eigenvalue weighted by molar-refractivity contribution is 5.84. The maximum Gasteiger partial charge on any atom is 0.203 e. The fourth-order valence-electron chi connectivity index (χ4n) is 2.34. The van der Waals surface area contributed by atoms with E-state index in [4.69, 9.17) is 9.47 Å². The van der Waals surface area contributed by atoms with Crippen molar-refractivity contribution < 1.29 is 14.6 Å². The minimum atomic E-state index is 0.0417. The van der Waals surface area contributed by atoms with Crippen molar-refractivity contribution in [2.45, 2.75) is 0 Å². The first-order valence-corrected chi connectivity index (χ1v) is 6.53. The SMILES string of the molecule is COc1cc(-c2cnc3ccccc3c2)cc(O)c1OC. The molecule has 0 amide bonds. The summed E-state index contributed by atoms with van der Waals surface area (Å²) in [6, 6.07) is 13.4. The van der Waals surface area contributed by atoms with Crippen LogP contribution in [0.5, 0.6) is 17.2 Å². The Morgan fingerprint density at radius 2 is 1.76 bits per heavy atom. The zero-order valence-corrected chi connectivity index (χ0v) is 11.8. The number of ether oxygens (including phenoxy) is 2. The van der Waals surface area contributed by atoms with E-state index in [9.17, 15) is 5.11 Å². The number of fused-ring (bicyclic) bond motifs is 1. The second kappa shape index (κ2) is 5.32. The topological polar surface area (TPSA) is 51.6 Å². The van der Waals surface area contributed by atoms with Crippen LogP contribution in [-0.2, 0) is 0 Å². The van der Waals surface area contributed by atoms with Gasteiger partial charge >= 0.3 is 0 Å². The molecule has 0 aliphatic carbocycles. The predicted molar refractivity (Wildman–Crippen MR) is 81.9 cm³/mol. The molecule has 0 spiro atoms. The number of pyridine rings is 1. The maximum atomic E-state index is 10.1. The van der Waals surface area contributed by atoms with Gasteiger partial charge in [-0.05, 0) is 29.8 Å². The van der Waals surface area contributed by atoms with Gasteiger partial charge in [-0.15, -0.1) is 0 Å². The van der Waals surface area contributed by atoms with E-state index in [0.717, 1.165) is 22.0 Å². The number of aromatic hydroxyl groups is 1. The summed E-state index contributed by atoms with van der Waals surface area (Å²) in [5.74, 6) is 0.857. The van der Waals surface area contributed by atoms with Crippen molar-refractivity contribution in [3.05, 3.63) is 48.7 Å². The largest absolute Gasteiger partial charge is 0.504 e. The lowest BCUT2D eigenvalue weighted by molar-refractivity contribution is 0.333. The number of para-hydroxylation sites is 1. The van der Waals surface area contributed by atoms with Crippen molar-refractivity contribution in [1.29, 1.82) is 0 Å². The zero-order valence-electron chi connectivity index (χ0n) is 11.8. The molecular formula is C17H15NO3. The van der Waals surface area contributed by atoms with Crippen molar-refractivity contribution in [3.63, 3.8) is 0 Å². The summed E-state index contributed by atoms with van der Waals surface area (Å²) in [6.45, 7) is 0. The van der Waals surface area contributed by atoms with Crippen LogP contribution in [0.25, 0.3) is 22.0 Å². The highest BCUT2D eigenvalue weighted by Gasteiger charge is 2.13. The highest BCUT2D eigenvalue weighted by Crippen LogP contribution is 2.40. The van der Waals surface area contributed by atoms with Gasteiger partial charge < -0.3 is 14.6 Å². The third kappa shape index (κ3) is 2.36. The smallest absolute Gasteiger partial charge is 0.203 e. The van der Waals surface area contributed by atoms with Gasteiger partial charge in [0.2, 0.25) is 5.75 Å². The van der Waals surface area contributed by atoms with Crippen LogP contribution in [0.4, 0.5) is 0 Å². The highest BCUT2D eigenvalue weighted by atomic mass is 16.5. The van der Waals surface area contributed by atoms with E-state index in [2.05, 4.69) is 4.98 Å². The molecule has 0 aliphatic heterocycles. The number of hydrogen-bond donors (Lipinski definition) is 1. The summed E-state index contributed by atoms with van der Waals surface area (Å²) in [5.41, 5.74) is 2.67. The molecule has 3 aromatic rings. The Morgan fingerprint density at radius 3 is 2.52 bits per heavy atom. The lowest BCUT2D eigenvalue weighted by Crippen LogP contribution is -1.92. The molecule has 0 unspecified atom stereocenters. The molecule has 0 radical (unpaired) electrons. The Morgan fingerprint density at radius 1 is 0.952 bits per heavy atom. The molecule has 0 aliphatic rings. The molecule has 106 valence electrons. The van der Waals surface area contributed by atoms with E-state index >= 15 is 0 Å². The lowest BCUT2D eigenvalue weighted by Gasteiger charge is -2.12. The molecular weight excluding hydrogens is 266 g/mol. The number of phenols is 1. The summed E-state index contributed by atoms with van der Waals surface area (Å²) in [5, 5.41) is 11.1. The molecule has 1 aromatic heterocycles. The summed E-state index contributed by atoms with van der Waals surface area (Å²) < 4.78 is 10.4. The molecule has 0 atom stereocenters. The second-order valence-corrected chi connectivity index (χ2v) is 4.65. The van der Waals surface area contributed by atoms with Gasteiger partial charge in [0.05, 0.1) is 19.7 Å². The molecule has 0 fully saturated rings. The number of hydrogen-bond acceptors (Lipinski definition) is 4. The normalized spacial score (nSPS) is 10.6. The number of phenolic OH excluding ortho intramolecular Hbond substituents is 1.